The molecule has 0 aromatic heterocycles. The average Bonchev–Trinajstić information content (AvgIpc) is 3.33. The van der Waals surface area contributed by atoms with E-state index in [1.54, 1.807) is 109 Å². The quantitative estimate of drug-likeness (QED) is 0.0459. The molecule has 0 saturated carbocycles. The molecule has 0 amide bonds. The zero-order chi connectivity index (χ0) is 48.8. The van der Waals surface area contributed by atoms with Crippen molar-refractivity contribution in [1.29, 1.82) is 0 Å². The molecule has 0 atom stereocenters. The van der Waals surface area contributed by atoms with Crippen LogP contribution in [0.3, 0.4) is 0 Å². The van der Waals surface area contributed by atoms with Crippen LogP contribution in [-0.2, 0) is 4.79 Å². The van der Waals surface area contributed by atoms with Crippen LogP contribution >= 0.6 is 0 Å². The van der Waals surface area contributed by atoms with E-state index in [-0.39, 0.29) is 80.3 Å². The Bertz CT molecular complexity index is 2670. The first kappa shape index (κ1) is 55.0. The Morgan fingerprint density at radius 3 is 1.19 bits per heavy atom. The SMILES string of the molecule is CC(=O)c1ccccc1C(=O)O.COc1ccc(C(=O)/C=C/C(=O)O)cc1.COc1ccc(C(=O)c2ccccc2C(=O)[O-])cc1.COc1ccc(OC(=O)c2ccccc2C(=O)O)cc1.[Na+]. The van der Waals surface area contributed by atoms with Crippen molar-refractivity contribution < 1.29 is 107 Å². The number of carboxylic acids is 4. The molecule has 16 nitrogen and oxygen atoms in total. The number of methoxy groups -OCH3 is 3. The standard InChI is InChI=1S/C15H12O5.C15H12O4.C11H10O4.C9H8O3.Na/c1-19-10-6-8-11(9-7-10)20-15(18)13-5-3-2-4-12(13)14(16)17;1-19-11-8-6-10(7-9-11)14(16)12-4-2-3-5-13(12)15(17)18;1-15-9-4-2-8(3-5-9)10(12)6-7-11(13)14;1-6(10)7-4-2-3-5-8(7)9(11)12;/h2-9H,1H3,(H,16,17);2-9H,1H3,(H,17,18);2-7H,1H3,(H,13,14);2-5H,1H3,(H,11,12);/q;;;;+1/p-1/b;;7-6+;;. The Morgan fingerprint density at radius 1 is 0.448 bits per heavy atom. The van der Waals surface area contributed by atoms with Crippen molar-refractivity contribution in [3.63, 3.8) is 0 Å². The topological polar surface area (TPSA) is 257 Å². The molecule has 0 fully saturated rings. The molecule has 17 heteroatoms. The zero-order valence-corrected chi connectivity index (χ0v) is 38.7. The number of allylic oxidation sites excluding steroid dienone is 1. The number of aliphatic carboxylic acids is 1. The molecule has 6 rings (SSSR count). The minimum Gasteiger partial charge on any atom is -0.545 e. The van der Waals surface area contributed by atoms with Crippen molar-refractivity contribution in [2.45, 2.75) is 6.92 Å². The number of carboxylic acid groups (broad SMARTS) is 4. The number of ether oxygens (including phenoxy) is 4. The van der Waals surface area contributed by atoms with Crippen LogP contribution in [0.5, 0.6) is 23.0 Å². The fraction of sp³-hybridized carbons (Fsp3) is 0.0800. The fourth-order valence-corrected chi connectivity index (χ4v) is 5.39. The number of carbonyl (C=O) groups excluding carboxylic acids is 5. The van der Waals surface area contributed by atoms with Gasteiger partial charge in [0.2, 0.25) is 0 Å². The second kappa shape index (κ2) is 27.9. The van der Waals surface area contributed by atoms with Crippen molar-refractivity contribution in [3.8, 4) is 23.0 Å². The molecule has 0 aliphatic heterocycles. The number of aromatic carboxylic acids is 3. The summed E-state index contributed by atoms with van der Waals surface area (Å²) < 4.78 is 20.0. The van der Waals surface area contributed by atoms with Gasteiger partial charge in [-0.3, -0.25) is 14.4 Å². The van der Waals surface area contributed by atoms with Gasteiger partial charge in [0, 0.05) is 33.9 Å². The number of carbonyl (C=O) groups is 8. The van der Waals surface area contributed by atoms with Gasteiger partial charge < -0.3 is 44.2 Å². The van der Waals surface area contributed by atoms with E-state index in [4.69, 9.17) is 34.3 Å². The van der Waals surface area contributed by atoms with Crippen molar-refractivity contribution in [2.75, 3.05) is 21.3 Å². The third-order valence-electron chi connectivity index (χ3n) is 8.68. The zero-order valence-electron chi connectivity index (χ0n) is 36.7. The van der Waals surface area contributed by atoms with E-state index in [1.165, 1.54) is 64.7 Å². The van der Waals surface area contributed by atoms with E-state index in [0.29, 0.717) is 34.1 Å². The van der Waals surface area contributed by atoms with Crippen LogP contribution in [0.4, 0.5) is 0 Å². The smallest absolute Gasteiger partial charge is 0.545 e. The number of Topliss-reactive ketones (excluding diaryl/α,β-unsaturated/α-hetero) is 1. The molecule has 3 N–H and O–H groups in total. The average molecular weight is 921 g/mol. The molecule has 0 unspecified atom stereocenters. The number of ketones is 3. The normalized spacial score (nSPS) is 9.73. The summed E-state index contributed by atoms with van der Waals surface area (Å²) >= 11 is 0. The molecule has 0 spiro atoms. The van der Waals surface area contributed by atoms with Gasteiger partial charge in [0.05, 0.1) is 44.0 Å². The molecular formula is C50H41NaO16. The van der Waals surface area contributed by atoms with Crippen LogP contribution in [0.2, 0.25) is 0 Å². The minimum atomic E-state index is -1.36. The van der Waals surface area contributed by atoms with Crippen molar-refractivity contribution >= 4 is 47.2 Å². The maximum Gasteiger partial charge on any atom is 1.00 e. The Morgan fingerprint density at radius 2 is 0.806 bits per heavy atom. The van der Waals surface area contributed by atoms with Gasteiger partial charge in [-0.2, -0.15) is 0 Å². The number of esters is 1. The van der Waals surface area contributed by atoms with Crippen LogP contribution in [0.1, 0.15) is 85.0 Å². The number of hydrogen-bond acceptors (Lipinski definition) is 13. The summed E-state index contributed by atoms with van der Waals surface area (Å²) in [5, 5.41) is 37.0. The summed E-state index contributed by atoms with van der Waals surface area (Å²) in [6.45, 7) is 1.35. The monoisotopic (exact) mass is 920 g/mol. The summed E-state index contributed by atoms with van der Waals surface area (Å²) in [4.78, 5) is 89.2. The summed E-state index contributed by atoms with van der Waals surface area (Å²) in [6, 6.07) is 37.4. The summed E-state index contributed by atoms with van der Waals surface area (Å²) in [5.74, 6) is -4.17. The van der Waals surface area contributed by atoms with Gasteiger partial charge >= 0.3 is 53.4 Å². The van der Waals surface area contributed by atoms with E-state index < -0.39 is 29.8 Å². The summed E-state index contributed by atoms with van der Waals surface area (Å²) in [6.07, 6.45) is 1.83. The van der Waals surface area contributed by atoms with Crippen LogP contribution in [0, 0.1) is 0 Å². The van der Waals surface area contributed by atoms with Crippen molar-refractivity contribution in [1.82, 2.24) is 0 Å². The van der Waals surface area contributed by atoms with Gasteiger partial charge in [-0.1, -0.05) is 54.6 Å². The second-order valence-corrected chi connectivity index (χ2v) is 13.0. The first-order valence-corrected chi connectivity index (χ1v) is 19.1. The molecule has 0 saturated heterocycles. The van der Waals surface area contributed by atoms with Crippen LogP contribution in [0.15, 0.2) is 158 Å². The largest absolute Gasteiger partial charge is 1.00 e. The molecule has 6 aromatic carbocycles. The minimum absolute atomic E-state index is 0. The van der Waals surface area contributed by atoms with E-state index in [1.807, 2.05) is 0 Å². The fourth-order valence-electron chi connectivity index (χ4n) is 5.39. The number of benzene rings is 6. The summed E-state index contributed by atoms with van der Waals surface area (Å²) in [5.41, 5.74) is 1.07. The maximum atomic E-state index is 12.2. The first-order chi connectivity index (χ1) is 31.5. The van der Waals surface area contributed by atoms with Crippen LogP contribution in [-0.4, -0.2) is 83.8 Å². The van der Waals surface area contributed by atoms with Gasteiger partial charge in [-0.15, -0.1) is 0 Å². The molecule has 338 valence electrons. The molecule has 67 heavy (non-hydrogen) atoms. The number of hydrogen-bond donors (Lipinski definition) is 3. The Labute approximate surface area is 405 Å². The molecule has 0 aliphatic carbocycles. The Kier molecular flexibility index (Phi) is 22.9. The van der Waals surface area contributed by atoms with Gasteiger partial charge in [-0.05, 0) is 104 Å². The summed E-state index contributed by atoms with van der Waals surface area (Å²) in [7, 11) is 4.59. The van der Waals surface area contributed by atoms with Gasteiger partial charge in [0.15, 0.2) is 17.3 Å². The van der Waals surface area contributed by atoms with Crippen LogP contribution < -0.4 is 53.6 Å². The van der Waals surface area contributed by atoms with Crippen LogP contribution in [0.25, 0.3) is 0 Å². The van der Waals surface area contributed by atoms with Gasteiger partial charge in [-0.25, -0.2) is 19.2 Å². The Hall–Kier alpha value is -8.18. The van der Waals surface area contributed by atoms with Crippen molar-refractivity contribution in [2.24, 2.45) is 0 Å². The third-order valence-corrected chi connectivity index (χ3v) is 8.68. The predicted octanol–water partition coefficient (Wildman–Crippen LogP) is 4.01. The first-order valence-electron chi connectivity index (χ1n) is 19.1. The predicted molar refractivity (Wildman–Crippen MR) is 236 cm³/mol. The molecule has 0 radical (unpaired) electrons. The third kappa shape index (κ3) is 17.4. The molecular weight excluding hydrogens is 880 g/mol. The van der Waals surface area contributed by atoms with E-state index >= 15 is 0 Å². The van der Waals surface area contributed by atoms with Gasteiger partial charge in [0.1, 0.15) is 23.0 Å². The molecule has 6 aromatic rings. The van der Waals surface area contributed by atoms with E-state index in [0.717, 1.165) is 12.2 Å². The molecule has 0 heterocycles. The van der Waals surface area contributed by atoms with Crippen molar-refractivity contribution in [3.05, 3.63) is 202 Å². The molecule has 0 aliphatic rings. The number of rotatable bonds is 14. The van der Waals surface area contributed by atoms with E-state index in [2.05, 4.69) is 0 Å². The second-order valence-electron chi connectivity index (χ2n) is 13.0. The Balaban J connectivity index is 0.000000311. The molecule has 0 bridgehead atoms. The maximum absolute atomic E-state index is 12.2. The van der Waals surface area contributed by atoms with E-state index in [9.17, 15) is 43.5 Å². The van der Waals surface area contributed by atoms with Gasteiger partial charge in [0.25, 0.3) is 0 Å².